The summed E-state index contributed by atoms with van der Waals surface area (Å²) in [5, 5.41) is 2.14. The molecule has 2 aromatic carbocycles. The normalized spacial score (nSPS) is 13.1. The molecular formula is C20H21F3O2Si. The highest BCUT2D eigenvalue weighted by Crippen LogP contribution is 2.24. The molecule has 0 heterocycles. The molecule has 0 aromatic heterocycles. The molecule has 0 saturated heterocycles. The van der Waals surface area contributed by atoms with Crippen molar-refractivity contribution in [2.45, 2.75) is 31.3 Å². The number of rotatable bonds is 7. The Hall–Kier alpha value is -2.34. The number of ether oxygens (including phenoxy) is 1. The fraction of sp³-hybridized carbons (Fsp3) is 0.250. The molecule has 0 N–H and O–H groups in total. The van der Waals surface area contributed by atoms with Crippen LogP contribution in [0.5, 0.6) is 0 Å². The van der Waals surface area contributed by atoms with Gasteiger partial charge in [-0.1, -0.05) is 77.1 Å². The zero-order chi connectivity index (χ0) is 19.2. The van der Waals surface area contributed by atoms with Crippen LogP contribution in [0.2, 0.25) is 12.1 Å². The monoisotopic (exact) mass is 378 g/mol. The van der Waals surface area contributed by atoms with Crippen LogP contribution >= 0.6 is 0 Å². The predicted molar refractivity (Wildman–Crippen MR) is 99.3 cm³/mol. The van der Waals surface area contributed by atoms with Gasteiger partial charge >= 0.3 is 12.1 Å². The quantitative estimate of drug-likeness (QED) is 0.415. The maximum Gasteiger partial charge on any atom is 0.490 e. The van der Waals surface area contributed by atoms with Gasteiger partial charge in [0.1, 0.15) is 8.07 Å². The first-order chi connectivity index (χ1) is 12.3. The molecule has 0 saturated carbocycles. The summed E-state index contributed by atoms with van der Waals surface area (Å²) in [5.74, 6) is -2.15. The molecule has 0 aliphatic heterocycles. The van der Waals surface area contributed by atoms with Gasteiger partial charge in [0, 0.05) is 0 Å². The van der Waals surface area contributed by atoms with Crippen LogP contribution in [0.4, 0.5) is 13.2 Å². The lowest BCUT2D eigenvalue weighted by molar-refractivity contribution is -0.203. The Balaban J connectivity index is 2.43. The van der Waals surface area contributed by atoms with Crippen molar-refractivity contribution in [2.24, 2.45) is 0 Å². The Bertz CT molecular complexity index is 690. The summed E-state index contributed by atoms with van der Waals surface area (Å²) in [6.07, 6.45) is -4.06. The number of alkyl halides is 3. The van der Waals surface area contributed by atoms with Crippen molar-refractivity contribution in [1.82, 2.24) is 0 Å². The second kappa shape index (κ2) is 8.36. The topological polar surface area (TPSA) is 26.3 Å². The number of halogens is 3. The highest BCUT2D eigenvalue weighted by atomic mass is 28.3. The molecule has 0 aliphatic rings. The molecule has 1 unspecified atom stereocenters. The first-order valence-corrected chi connectivity index (χ1v) is 10.7. The molecule has 2 rings (SSSR count). The van der Waals surface area contributed by atoms with Crippen LogP contribution in [0.1, 0.15) is 6.92 Å². The lowest BCUT2D eigenvalue weighted by Gasteiger charge is -2.34. The number of allylic oxidation sites excluding steroid dienone is 1. The molecule has 0 fully saturated rings. The Kier molecular flexibility index (Phi) is 6.42. The molecule has 0 amide bonds. The van der Waals surface area contributed by atoms with Gasteiger partial charge in [-0.3, -0.25) is 0 Å². The van der Waals surface area contributed by atoms with Crippen molar-refractivity contribution >= 4 is 24.4 Å². The predicted octanol–water partition coefficient (Wildman–Crippen LogP) is 3.93. The first kappa shape index (κ1) is 20.0. The Labute approximate surface area is 152 Å². The minimum absolute atomic E-state index is 0.342. The standard InChI is InChI=1S/C20H21F3O2Si/c1-3-14-26(17-10-6-4-7-11-17,18-12-8-5-9-13-18)15-16(2)25-19(24)20(21,22)23/h3-13,16H,1,14-15H2,2H3. The van der Waals surface area contributed by atoms with Gasteiger partial charge in [-0.15, -0.1) is 6.58 Å². The second-order valence-electron chi connectivity index (χ2n) is 6.22. The van der Waals surface area contributed by atoms with Gasteiger partial charge in [-0.2, -0.15) is 13.2 Å². The Morgan fingerprint density at radius 1 is 1.08 bits per heavy atom. The van der Waals surface area contributed by atoms with Crippen molar-refractivity contribution in [3.63, 3.8) is 0 Å². The molecule has 0 spiro atoms. The average molecular weight is 378 g/mol. The maximum atomic E-state index is 12.6. The fourth-order valence-corrected chi connectivity index (χ4v) is 7.93. The highest BCUT2D eigenvalue weighted by Gasteiger charge is 2.44. The van der Waals surface area contributed by atoms with E-state index in [4.69, 9.17) is 4.74 Å². The molecule has 0 aliphatic carbocycles. The molecular weight excluding hydrogens is 357 g/mol. The van der Waals surface area contributed by atoms with Crippen LogP contribution in [0.25, 0.3) is 0 Å². The van der Waals surface area contributed by atoms with E-state index in [1.807, 2.05) is 60.7 Å². The average Bonchev–Trinajstić information content (AvgIpc) is 2.62. The summed E-state index contributed by atoms with van der Waals surface area (Å²) >= 11 is 0. The molecule has 2 nitrogen and oxygen atoms in total. The number of benzene rings is 2. The fourth-order valence-electron chi connectivity index (χ4n) is 3.26. The third kappa shape index (κ3) is 4.63. The zero-order valence-corrected chi connectivity index (χ0v) is 15.5. The lowest BCUT2D eigenvalue weighted by atomic mass is 10.4. The van der Waals surface area contributed by atoms with E-state index < -0.39 is 26.3 Å². The number of carbonyl (C=O) groups excluding carboxylic acids is 1. The maximum absolute atomic E-state index is 12.6. The van der Waals surface area contributed by atoms with E-state index in [0.717, 1.165) is 10.4 Å². The van der Waals surface area contributed by atoms with Gasteiger partial charge in [-0.05, 0) is 19.0 Å². The van der Waals surface area contributed by atoms with Crippen molar-refractivity contribution in [1.29, 1.82) is 0 Å². The van der Waals surface area contributed by atoms with E-state index in [2.05, 4.69) is 6.58 Å². The van der Waals surface area contributed by atoms with Crippen LogP contribution in [0, 0.1) is 0 Å². The van der Waals surface area contributed by atoms with Gasteiger partial charge in [0.15, 0.2) is 0 Å². The summed E-state index contributed by atoms with van der Waals surface area (Å²) in [6.45, 7) is 5.37. The highest BCUT2D eigenvalue weighted by molar-refractivity contribution is 7.02. The van der Waals surface area contributed by atoms with Crippen molar-refractivity contribution in [2.75, 3.05) is 0 Å². The van der Waals surface area contributed by atoms with Crippen LogP contribution in [0.15, 0.2) is 73.3 Å². The molecule has 0 radical (unpaired) electrons. The van der Waals surface area contributed by atoms with E-state index in [1.54, 1.807) is 6.08 Å². The van der Waals surface area contributed by atoms with Crippen molar-refractivity contribution in [3.05, 3.63) is 73.3 Å². The van der Waals surface area contributed by atoms with Gasteiger partial charge < -0.3 is 4.74 Å². The smallest absolute Gasteiger partial charge is 0.456 e. The summed E-state index contributed by atoms with van der Waals surface area (Å²) < 4.78 is 42.4. The van der Waals surface area contributed by atoms with Crippen molar-refractivity contribution in [3.8, 4) is 0 Å². The summed E-state index contributed by atoms with van der Waals surface area (Å²) in [4.78, 5) is 11.2. The SMILES string of the molecule is C=CC[Si](CC(C)OC(=O)C(F)(F)F)(c1ccccc1)c1ccccc1. The molecule has 2 aromatic rings. The van der Waals surface area contributed by atoms with E-state index in [9.17, 15) is 18.0 Å². The van der Waals surface area contributed by atoms with E-state index in [1.165, 1.54) is 6.92 Å². The molecule has 0 bridgehead atoms. The van der Waals surface area contributed by atoms with Crippen LogP contribution < -0.4 is 10.4 Å². The van der Waals surface area contributed by atoms with Crippen LogP contribution in [-0.2, 0) is 9.53 Å². The number of carbonyl (C=O) groups is 1. The largest absolute Gasteiger partial charge is 0.490 e. The van der Waals surface area contributed by atoms with E-state index >= 15 is 0 Å². The Morgan fingerprint density at radius 2 is 1.54 bits per heavy atom. The number of hydrogen-bond donors (Lipinski definition) is 0. The van der Waals surface area contributed by atoms with Gasteiger partial charge in [0.05, 0.1) is 6.10 Å². The molecule has 26 heavy (non-hydrogen) atoms. The van der Waals surface area contributed by atoms with Crippen LogP contribution in [-0.4, -0.2) is 26.3 Å². The minimum Gasteiger partial charge on any atom is -0.456 e. The number of esters is 1. The number of hydrogen-bond acceptors (Lipinski definition) is 2. The summed E-state index contributed by atoms with van der Waals surface area (Å²) in [5.41, 5.74) is 0. The molecule has 138 valence electrons. The second-order valence-corrected chi connectivity index (χ2v) is 10.4. The van der Waals surface area contributed by atoms with E-state index in [-0.39, 0.29) is 0 Å². The third-order valence-electron chi connectivity index (χ3n) is 4.32. The minimum atomic E-state index is -4.99. The van der Waals surface area contributed by atoms with E-state index in [0.29, 0.717) is 12.1 Å². The van der Waals surface area contributed by atoms with Gasteiger partial charge in [-0.25, -0.2) is 4.79 Å². The zero-order valence-electron chi connectivity index (χ0n) is 14.5. The first-order valence-electron chi connectivity index (χ1n) is 8.29. The van der Waals surface area contributed by atoms with Gasteiger partial charge in [0.2, 0.25) is 0 Å². The summed E-state index contributed by atoms with van der Waals surface area (Å²) in [7, 11) is -2.50. The molecule has 6 heteroatoms. The van der Waals surface area contributed by atoms with Crippen LogP contribution in [0.3, 0.4) is 0 Å². The van der Waals surface area contributed by atoms with Crippen molar-refractivity contribution < 1.29 is 22.7 Å². The third-order valence-corrected chi connectivity index (χ3v) is 9.46. The Morgan fingerprint density at radius 3 is 1.92 bits per heavy atom. The summed E-state index contributed by atoms with van der Waals surface area (Å²) in [6, 6.07) is 20.4. The lowest BCUT2D eigenvalue weighted by Crippen LogP contribution is -2.59. The molecule has 1 atom stereocenters. The van der Waals surface area contributed by atoms with Gasteiger partial charge in [0.25, 0.3) is 0 Å².